The van der Waals surface area contributed by atoms with Gasteiger partial charge in [-0.1, -0.05) is 35.6 Å². The maximum atomic E-state index is 12.8. The average Bonchev–Trinajstić information content (AvgIpc) is 3.30. The summed E-state index contributed by atoms with van der Waals surface area (Å²) >= 11 is 1.51. The van der Waals surface area contributed by atoms with Gasteiger partial charge in [0.15, 0.2) is 0 Å². The lowest BCUT2D eigenvalue weighted by molar-refractivity contribution is 0.102. The summed E-state index contributed by atoms with van der Waals surface area (Å²) in [5, 5.41) is 8.06. The summed E-state index contributed by atoms with van der Waals surface area (Å²) in [5.74, 6) is 0.192. The fraction of sp³-hybridized carbons (Fsp3) is 0.0500. The smallest absolute Gasteiger partial charge is 0.277 e. The van der Waals surface area contributed by atoms with Gasteiger partial charge >= 0.3 is 0 Å². The van der Waals surface area contributed by atoms with Crippen molar-refractivity contribution in [2.75, 3.05) is 5.32 Å². The van der Waals surface area contributed by atoms with Crippen molar-refractivity contribution in [2.24, 2.45) is 0 Å². The highest BCUT2D eigenvalue weighted by atomic mass is 32.1. The topological polar surface area (TPSA) is 85.6 Å². The monoisotopic (exact) mass is 386 g/mol. The molecule has 5 aromatic rings. The Kier molecular flexibility index (Phi) is 3.84. The van der Waals surface area contributed by atoms with E-state index in [0.717, 1.165) is 21.4 Å². The molecule has 3 heterocycles. The number of hydrogen-bond donors (Lipinski definition) is 1. The first-order valence-electron chi connectivity index (χ1n) is 8.63. The lowest BCUT2D eigenvalue weighted by atomic mass is 10.3. The van der Waals surface area contributed by atoms with Gasteiger partial charge in [-0.05, 0) is 31.2 Å². The van der Waals surface area contributed by atoms with Crippen molar-refractivity contribution in [3.05, 3.63) is 72.2 Å². The largest absolute Gasteiger partial charge is 0.305 e. The maximum Gasteiger partial charge on any atom is 0.277 e. The lowest BCUT2D eigenvalue weighted by Crippen LogP contribution is -2.16. The average molecular weight is 386 g/mol. The first-order valence-corrected chi connectivity index (χ1v) is 9.45. The number of anilines is 1. The fourth-order valence-corrected chi connectivity index (χ4v) is 3.86. The number of nitrogens with one attached hydrogen (secondary N) is 1. The molecule has 7 nitrogen and oxygen atoms in total. The molecule has 0 saturated heterocycles. The third-order valence-electron chi connectivity index (χ3n) is 4.22. The number of aryl methyl sites for hydroxylation is 1. The number of thiazole rings is 1. The van der Waals surface area contributed by atoms with Gasteiger partial charge in [0.05, 0.1) is 33.1 Å². The number of carbonyl (C=O) groups excluding carboxylic acids is 1. The van der Waals surface area contributed by atoms with E-state index in [1.807, 2.05) is 55.5 Å². The van der Waals surface area contributed by atoms with Gasteiger partial charge in [-0.2, -0.15) is 9.78 Å². The molecule has 5 rings (SSSR count). The van der Waals surface area contributed by atoms with Crippen LogP contribution in [-0.4, -0.2) is 30.6 Å². The van der Waals surface area contributed by atoms with E-state index >= 15 is 0 Å². The number of para-hydroxylation sites is 3. The number of fused-ring (bicyclic) bond motifs is 2. The van der Waals surface area contributed by atoms with Crippen LogP contribution in [-0.2, 0) is 0 Å². The quantitative estimate of drug-likeness (QED) is 0.507. The number of nitrogens with zero attached hydrogens (tertiary/aromatic N) is 5. The fourth-order valence-electron chi connectivity index (χ4n) is 2.93. The van der Waals surface area contributed by atoms with Gasteiger partial charge in [0, 0.05) is 6.07 Å². The molecule has 2 aromatic carbocycles. The Morgan fingerprint density at radius 1 is 1.00 bits per heavy atom. The SMILES string of the molecule is Cc1cc(NC(=O)c2cnc3ccccc3n2)n(-c2nc3ccccc3s2)n1. The minimum atomic E-state index is -0.347. The standard InChI is InChI=1S/C20H14N6OS/c1-12-10-18(26(25-12)20-23-15-8-4-5-9-17(15)28-20)24-19(27)16-11-21-13-6-2-3-7-14(13)22-16/h2-11H,1H3,(H,24,27). The van der Waals surface area contributed by atoms with E-state index in [2.05, 4.69) is 25.4 Å². The minimum absolute atomic E-state index is 0.244. The van der Waals surface area contributed by atoms with Crippen LogP contribution in [0.4, 0.5) is 5.82 Å². The van der Waals surface area contributed by atoms with Crippen molar-refractivity contribution < 1.29 is 4.79 Å². The number of rotatable bonds is 3. The highest BCUT2D eigenvalue weighted by molar-refractivity contribution is 7.20. The molecular weight excluding hydrogens is 372 g/mol. The van der Waals surface area contributed by atoms with Crippen LogP contribution in [0.25, 0.3) is 26.4 Å². The zero-order valence-corrected chi connectivity index (χ0v) is 15.6. The number of hydrogen-bond acceptors (Lipinski definition) is 6. The van der Waals surface area contributed by atoms with Crippen LogP contribution < -0.4 is 5.32 Å². The Bertz CT molecular complexity index is 1310. The van der Waals surface area contributed by atoms with Gasteiger partial charge in [-0.15, -0.1) is 0 Å². The Morgan fingerprint density at radius 2 is 1.75 bits per heavy atom. The second kappa shape index (κ2) is 6.50. The molecule has 1 amide bonds. The van der Waals surface area contributed by atoms with Crippen molar-refractivity contribution in [3.8, 4) is 5.13 Å². The minimum Gasteiger partial charge on any atom is -0.305 e. The van der Waals surface area contributed by atoms with Crippen LogP contribution in [0, 0.1) is 6.92 Å². The third-order valence-corrected chi connectivity index (χ3v) is 5.23. The van der Waals surface area contributed by atoms with Crippen LogP contribution in [0.2, 0.25) is 0 Å². The van der Waals surface area contributed by atoms with Crippen molar-refractivity contribution >= 4 is 44.3 Å². The summed E-state index contributed by atoms with van der Waals surface area (Å²) in [7, 11) is 0. The first kappa shape index (κ1) is 16.5. The number of amides is 1. The normalized spacial score (nSPS) is 11.2. The summed E-state index contributed by atoms with van der Waals surface area (Å²) in [6, 6.07) is 17.1. The highest BCUT2D eigenvalue weighted by Crippen LogP contribution is 2.27. The highest BCUT2D eigenvalue weighted by Gasteiger charge is 2.16. The van der Waals surface area contributed by atoms with Gasteiger partial charge in [-0.25, -0.2) is 9.97 Å². The predicted molar refractivity (Wildman–Crippen MR) is 109 cm³/mol. The van der Waals surface area contributed by atoms with Gasteiger partial charge < -0.3 is 5.32 Å². The second-order valence-electron chi connectivity index (χ2n) is 6.25. The first-order chi connectivity index (χ1) is 13.7. The summed E-state index contributed by atoms with van der Waals surface area (Å²) in [6.45, 7) is 1.87. The zero-order valence-electron chi connectivity index (χ0n) is 14.8. The van der Waals surface area contributed by atoms with Gasteiger partial charge in [-0.3, -0.25) is 9.78 Å². The van der Waals surface area contributed by atoms with Crippen LogP contribution in [0.15, 0.2) is 60.8 Å². The lowest BCUT2D eigenvalue weighted by Gasteiger charge is -2.06. The number of aromatic nitrogens is 5. The Hall–Kier alpha value is -3.65. The molecule has 0 aliphatic rings. The molecule has 1 N–H and O–H groups in total. The molecule has 0 unspecified atom stereocenters. The summed E-state index contributed by atoms with van der Waals surface area (Å²) in [6.07, 6.45) is 1.48. The molecule has 0 fully saturated rings. The summed E-state index contributed by atoms with van der Waals surface area (Å²) in [4.78, 5) is 26.1. The van der Waals surface area contributed by atoms with Gasteiger partial charge in [0.2, 0.25) is 5.13 Å². The molecule has 0 radical (unpaired) electrons. The predicted octanol–water partition coefficient (Wildman–Crippen LogP) is 3.99. The molecule has 8 heteroatoms. The van der Waals surface area contributed by atoms with E-state index < -0.39 is 0 Å². The Balaban J connectivity index is 1.50. The van der Waals surface area contributed by atoms with Crippen molar-refractivity contribution in [1.82, 2.24) is 24.7 Å². The van der Waals surface area contributed by atoms with E-state index in [9.17, 15) is 4.79 Å². The molecule has 0 aliphatic carbocycles. The molecule has 0 bridgehead atoms. The third kappa shape index (κ3) is 2.89. The zero-order chi connectivity index (χ0) is 19.1. The molecule has 0 saturated carbocycles. The summed E-state index contributed by atoms with van der Waals surface area (Å²) < 4.78 is 2.70. The van der Waals surface area contributed by atoms with E-state index in [0.29, 0.717) is 16.5 Å². The molecule has 0 atom stereocenters. The van der Waals surface area contributed by atoms with E-state index in [4.69, 9.17) is 0 Å². The molecule has 28 heavy (non-hydrogen) atoms. The molecule has 0 spiro atoms. The molecule has 3 aromatic heterocycles. The number of benzene rings is 2. The maximum absolute atomic E-state index is 12.8. The van der Waals surface area contributed by atoms with E-state index in [-0.39, 0.29) is 11.6 Å². The van der Waals surface area contributed by atoms with E-state index in [1.165, 1.54) is 17.5 Å². The Labute approximate surface area is 163 Å². The van der Waals surface area contributed by atoms with Crippen LogP contribution in [0.3, 0.4) is 0 Å². The van der Waals surface area contributed by atoms with Crippen molar-refractivity contribution in [2.45, 2.75) is 6.92 Å². The summed E-state index contributed by atoms with van der Waals surface area (Å²) in [5.41, 5.74) is 3.33. The van der Waals surface area contributed by atoms with Crippen LogP contribution in [0.1, 0.15) is 16.2 Å². The van der Waals surface area contributed by atoms with Gasteiger partial charge in [0.25, 0.3) is 5.91 Å². The van der Waals surface area contributed by atoms with Crippen LogP contribution in [0.5, 0.6) is 0 Å². The van der Waals surface area contributed by atoms with Gasteiger partial charge in [0.1, 0.15) is 11.5 Å². The van der Waals surface area contributed by atoms with Crippen molar-refractivity contribution in [3.63, 3.8) is 0 Å². The molecule has 0 aliphatic heterocycles. The van der Waals surface area contributed by atoms with E-state index in [1.54, 1.807) is 10.7 Å². The Morgan fingerprint density at radius 3 is 2.57 bits per heavy atom. The second-order valence-corrected chi connectivity index (χ2v) is 7.25. The molecular formula is C20H14N6OS. The van der Waals surface area contributed by atoms with Crippen LogP contribution >= 0.6 is 11.3 Å². The molecule has 136 valence electrons. The number of carbonyl (C=O) groups is 1. The van der Waals surface area contributed by atoms with Crippen molar-refractivity contribution in [1.29, 1.82) is 0 Å².